The molecule has 42 valence electrons. The maximum absolute atomic E-state index is 10.5. The van der Waals surface area contributed by atoms with Gasteiger partial charge in [0.05, 0.1) is 0 Å². The van der Waals surface area contributed by atoms with Crippen molar-refractivity contribution in [3.8, 4) is 0 Å². The molecule has 1 unspecified atom stereocenters. The molecule has 0 aromatic carbocycles. The summed E-state index contributed by atoms with van der Waals surface area (Å²) >= 11 is 2.47. The predicted octanol–water partition coefficient (Wildman–Crippen LogP) is 0.557. The van der Waals surface area contributed by atoms with Gasteiger partial charge in [0.25, 0.3) is 0 Å². The molecule has 1 heterocycles. The fourth-order valence-electron chi connectivity index (χ4n) is 0.349. The van der Waals surface area contributed by atoms with Gasteiger partial charge in [0.2, 0.25) is 0 Å². The van der Waals surface area contributed by atoms with E-state index in [-0.39, 0.29) is 0 Å². The van der Waals surface area contributed by atoms with Crippen LogP contribution in [0.1, 0.15) is 0 Å². The second kappa shape index (κ2) is 2.40. The Morgan fingerprint density at radius 2 is 2.50 bits per heavy atom. The van der Waals surface area contributed by atoms with E-state index >= 15 is 0 Å². The molecule has 5 heteroatoms. The molecule has 1 atom stereocenters. The van der Waals surface area contributed by atoms with Crippen LogP contribution in [0, 0.1) is 0 Å². The summed E-state index contributed by atoms with van der Waals surface area (Å²) in [4.78, 5) is 3.70. The first-order valence-electron chi connectivity index (χ1n) is 1.93. The van der Waals surface area contributed by atoms with E-state index in [2.05, 4.69) is 20.1 Å². The van der Waals surface area contributed by atoms with Gasteiger partial charge in [-0.3, -0.25) is 0 Å². The van der Waals surface area contributed by atoms with Gasteiger partial charge in [-0.05, 0) is 0 Å². The fourth-order valence-corrected chi connectivity index (χ4v) is 1.27. The third-order valence-electron chi connectivity index (χ3n) is 0.679. The van der Waals surface area contributed by atoms with E-state index < -0.39 is 6.20 Å². The molecule has 0 aliphatic heterocycles. The van der Waals surface area contributed by atoms with Crippen molar-refractivity contribution in [3.63, 3.8) is 0 Å². The van der Waals surface area contributed by atoms with Crippen molar-refractivity contribution < 1.29 is 4.57 Å². The molecule has 0 saturated heterocycles. The van der Waals surface area contributed by atoms with Gasteiger partial charge in [-0.25, -0.2) is 0 Å². The van der Waals surface area contributed by atoms with E-state index in [4.69, 9.17) is 0 Å². The van der Waals surface area contributed by atoms with Crippen LogP contribution in [-0.2, 0) is 4.57 Å². The zero-order valence-electron chi connectivity index (χ0n) is 3.89. The minimum absolute atomic E-state index is 1.38. The molecular weight excluding hydrogens is 190 g/mol. The van der Waals surface area contributed by atoms with Crippen LogP contribution in [0.15, 0.2) is 18.7 Å². The van der Waals surface area contributed by atoms with E-state index in [1.165, 1.54) is 10.7 Å². The van der Waals surface area contributed by atoms with Crippen molar-refractivity contribution in [2.45, 2.75) is 0 Å². The third kappa shape index (κ3) is 1.16. The Hall–Kier alpha value is -0.171. The molecule has 0 bridgehead atoms. The molecule has 0 radical (unpaired) electrons. The van der Waals surface area contributed by atoms with Crippen LogP contribution in [0.4, 0.5) is 0 Å². The average Bonchev–Trinajstić information content (AvgIpc) is 2.12. The maximum atomic E-state index is 10.5. The van der Waals surface area contributed by atoms with Gasteiger partial charge in [-0.2, -0.15) is 0 Å². The Labute approximate surface area is 54.5 Å². The molecule has 0 fully saturated rings. The van der Waals surface area contributed by atoms with Crippen LogP contribution in [-0.4, -0.2) is 24.4 Å². The van der Waals surface area contributed by atoms with Gasteiger partial charge in [0, 0.05) is 0 Å². The summed E-state index contributed by atoms with van der Waals surface area (Å²) in [6.45, 7) is 0. The van der Waals surface area contributed by atoms with Crippen molar-refractivity contribution in [2.75, 3.05) is 0 Å². The number of imidazole rings is 1. The van der Waals surface area contributed by atoms with Crippen molar-refractivity contribution >= 4 is 21.3 Å². The zero-order chi connectivity index (χ0) is 5.98. The Morgan fingerprint density at radius 1 is 1.75 bits per heavy atom. The standard InChI is InChI=1S/C3H3N2OPSe/c6-7(8)5-2-1-4-3-5/h1-3H. The van der Waals surface area contributed by atoms with E-state index in [0.29, 0.717) is 0 Å². The Balaban J connectivity index is 3.11. The first-order chi connectivity index (χ1) is 3.80. The molecule has 0 saturated carbocycles. The monoisotopic (exact) mass is 194 g/mol. The molecule has 3 nitrogen and oxygen atoms in total. The predicted molar refractivity (Wildman–Crippen MR) is 31.0 cm³/mol. The second-order valence-electron chi connectivity index (χ2n) is 1.18. The van der Waals surface area contributed by atoms with Gasteiger partial charge in [0.15, 0.2) is 0 Å². The van der Waals surface area contributed by atoms with Crippen molar-refractivity contribution in [2.24, 2.45) is 0 Å². The molecule has 0 spiro atoms. The first kappa shape index (κ1) is 5.96. The van der Waals surface area contributed by atoms with Crippen molar-refractivity contribution in [1.29, 1.82) is 0 Å². The molecule has 0 aliphatic carbocycles. The normalized spacial score (nSPS) is 11.2. The number of hydrogen-bond donors (Lipinski definition) is 0. The molecule has 1 rings (SSSR count). The van der Waals surface area contributed by atoms with Crippen LogP contribution >= 0.6 is 6.20 Å². The minimum atomic E-state index is -1.38. The summed E-state index contributed by atoms with van der Waals surface area (Å²) in [5.41, 5.74) is 0. The quantitative estimate of drug-likeness (QED) is 0.482. The summed E-state index contributed by atoms with van der Waals surface area (Å²) in [6, 6.07) is 0. The van der Waals surface area contributed by atoms with Crippen LogP contribution < -0.4 is 0 Å². The number of nitrogens with zero attached hydrogens (tertiary/aromatic N) is 2. The summed E-state index contributed by atoms with van der Waals surface area (Å²) < 4.78 is 12.0. The van der Waals surface area contributed by atoms with E-state index in [9.17, 15) is 4.57 Å². The van der Waals surface area contributed by atoms with Gasteiger partial charge in [0.1, 0.15) is 0 Å². The SMILES string of the molecule is O=P(=[Se])n1ccnc1. The molecule has 1 aromatic rings. The molecular formula is C3H3N2OPSe. The molecule has 8 heavy (non-hydrogen) atoms. The van der Waals surface area contributed by atoms with Gasteiger partial charge in [-0.1, -0.05) is 0 Å². The Morgan fingerprint density at radius 3 is 2.75 bits per heavy atom. The topological polar surface area (TPSA) is 34.9 Å². The average molecular weight is 193 g/mol. The van der Waals surface area contributed by atoms with Gasteiger partial charge >= 0.3 is 53.9 Å². The van der Waals surface area contributed by atoms with Crippen molar-refractivity contribution in [3.05, 3.63) is 18.7 Å². The number of rotatable bonds is 1. The third-order valence-corrected chi connectivity index (χ3v) is 2.48. The fraction of sp³-hybridized carbons (Fsp3) is 0. The van der Waals surface area contributed by atoms with Gasteiger partial charge in [-0.15, -0.1) is 0 Å². The number of aromatic nitrogens is 2. The Kier molecular flexibility index (Phi) is 1.79. The van der Waals surface area contributed by atoms with E-state index in [1.807, 2.05) is 0 Å². The summed E-state index contributed by atoms with van der Waals surface area (Å²) in [5.74, 6) is 0. The summed E-state index contributed by atoms with van der Waals surface area (Å²) in [7, 11) is 0. The van der Waals surface area contributed by atoms with E-state index in [0.717, 1.165) is 0 Å². The molecule has 0 N–H and O–H groups in total. The van der Waals surface area contributed by atoms with Crippen LogP contribution in [0.25, 0.3) is 0 Å². The summed E-state index contributed by atoms with van der Waals surface area (Å²) in [5, 5.41) is 0. The zero-order valence-corrected chi connectivity index (χ0v) is 6.50. The van der Waals surface area contributed by atoms with Crippen LogP contribution in [0.5, 0.6) is 0 Å². The molecule has 0 aliphatic rings. The van der Waals surface area contributed by atoms with E-state index in [1.54, 1.807) is 12.4 Å². The second-order valence-corrected chi connectivity index (χ2v) is 4.08. The van der Waals surface area contributed by atoms with Crippen LogP contribution in [0.3, 0.4) is 0 Å². The molecule has 0 amide bonds. The van der Waals surface area contributed by atoms with Crippen LogP contribution in [0.2, 0.25) is 0 Å². The van der Waals surface area contributed by atoms with Gasteiger partial charge < -0.3 is 0 Å². The Bertz CT molecular complexity index is 219. The molecule has 1 aromatic heterocycles. The number of hydrogen-bond acceptors (Lipinski definition) is 2. The summed E-state index contributed by atoms with van der Waals surface area (Å²) in [6.07, 6.45) is 3.37. The van der Waals surface area contributed by atoms with Crippen molar-refractivity contribution in [1.82, 2.24) is 9.32 Å². The first-order valence-corrected chi connectivity index (χ1v) is 5.36.